The van der Waals surface area contributed by atoms with E-state index in [0.717, 1.165) is 11.1 Å². The molecule has 1 amide bonds. The predicted molar refractivity (Wildman–Crippen MR) is 103 cm³/mol. The molecule has 6 nitrogen and oxygen atoms in total. The van der Waals surface area contributed by atoms with Crippen molar-refractivity contribution in [2.24, 2.45) is 0 Å². The standard InChI is InChI=1S/C21H26N2O4/c1-22-19(20(24)26-15-17-9-4-2-5-10-17)13-8-14-23-21(25)27-16-18-11-6-3-7-12-18/h2-7,9-12,19,22H,8,13-16H2,1H3,(H,23,25). The quantitative estimate of drug-likeness (QED) is 0.497. The monoisotopic (exact) mass is 370 g/mol. The molecule has 1 unspecified atom stereocenters. The lowest BCUT2D eigenvalue weighted by atomic mass is 10.1. The molecule has 2 N–H and O–H groups in total. The van der Waals surface area contributed by atoms with E-state index in [-0.39, 0.29) is 19.2 Å². The molecule has 0 aliphatic rings. The second-order valence-corrected chi connectivity index (χ2v) is 6.07. The third-order valence-corrected chi connectivity index (χ3v) is 4.01. The van der Waals surface area contributed by atoms with E-state index in [4.69, 9.17) is 9.47 Å². The van der Waals surface area contributed by atoms with Crippen LogP contribution in [0.25, 0.3) is 0 Å². The third kappa shape index (κ3) is 7.92. The fraction of sp³-hybridized carbons (Fsp3) is 0.333. The van der Waals surface area contributed by atoms with Crippen LogP contribution >= 0.6 is 0 Å². The van der Waals surface area contributed by atoms with Crippen LogP contribution in [0.5, 0.6) is 0 Å². The fourth-order valence-electron chi connectivity index (χ4n) is 2.48. The topological polar surface area (TPSA) is 76.7 Å². The van der Waals surface area contributed by atoms with Gasteiger partial charge in [0.15, 0.2) is 0 Å². The predicted octanol–water partition coefficient (Wildman–Crippen LogP) is 3.02. The van der Waals surface area contributed by atoms with Gasteiger partial charge in [0.05, 0.1) is 0 Å². The number of likely N-dealkylation sites (N-methyl/N-ethyl adjacent to an activating group) is 1. The van der Waals surface area contributed by atoms with Crippen molar-refractivity contribution >= 4 is 12.1 Å². The van der Waals surface area contributed by atoms with Gasteiger partial charge < -0.3 is 20.1 Å². The maximum atomic E-state index is 12.1. The van der Waals surface area contributed by atoms with Crippen LogP contribution in [0.2, 0.25) is 0 Å². The van der Waals surface area contributed by atoms with Gasteiger partial charge in [0, 0.05) is 6.54 Å². The maximum absolute atomic E-state index is 12.1. The molecule has 0 aliphatic heterocycles. The molecule has 2 rings (SSSR count). The van der Waals surface area contributed by atoms with Crippen molar-refractivity contribution < 1.29 is 19.1 Å². The molecule has 27 heavy (non-hydrogen) atoms. The Hall–Kier alpha value is -2.86. The first-order valence-electron chi connectivity index (χ1n) is 9.01. The summed E-state index contributed by atoms with van der Waals surface area (Å²) in [5.74, 6) is -0.298. The van der Waals surface area contributed by atoms with Crippen LogP contribution in [0.1, 0.15) is 24.0 Å². The maximum Gasteiger partial charge on any atom is 0.407 e. The lowest BCUT2D eigenvalue weighted by Crippen LogP contribution is -2.36. The summed E-state index contributed by atoms with van der Waals surface area (Å²) in [6.07, 6.45) is 0.724. The van der Waals surface area contributed by atoms with Gasteiger partial charge in [0.1, 0.15) is 19.3 Å². The summed E-state index contributed by atoms with van der Waals surface area (Å²) in [4.78, 5) is 23.8. The fourth-order valence-corrected chi connectivity index (χ4v) is 2.48. The average Bonchev–Trinajstić information content (AvgIpc) is 2.72. The van der Waals surface area contributed by atoms with E-state index < -0.39 is 12.1 Å². The SMILES string of the molecule is CNC(CCCNC(=O)OCc1ccccc1)C(=O)OCc1ccccc1. The first kappa shape index (κ1) is 20.5. The Morgan fingerprint density at radius 1 is 0.889 bits per heavy atom. The minimum atomic E-state index is -0.466. The number of benzene rings is 2. The molecular formula is C21H26N2O4. The normalized spacial score (nSPS) is 11.4. The van der Waals surface area contributed by atoms with Gasteiger partial charge in [-0.25, -0.2) is 4.79 Å². The summed E-state index contributed by atoms with van der Waals surface area (Å²) in [6.45, 7) is 0.914. The molecule has 0 bridgehead atoms. The minimum absolute atomic E-state index is 0.234. The van der Waals surface area contributed by atoms with Crippen LogP contribution in [0, 0.1) is 0 Å². The number of carbonyl (C=O) groups is 2. The Bertz CT molecular complexity index is 692. The Morgan fingerprint density at radius 3 is 2.00 bits per heavy atom. The van der Waals surface area contributed by atoms with Crippen molar-refractivity contribution in [2.45, 2.75) is 32.1 Å². The second-order valence-electron chi connectivity index (χ2n) is 6.07. The molecule has 0 fully saturated rings. The molecule has 144 valence electrons. The van der Waals surface area contributed by atoms with E-state index in [1.54, 1.807) is 7.05 Å². The third-order valence-electron chi connectivity index (χ3n) is 4.01. The first-order chi connectivity index (χ1) is 13.2. The van der Waals surface area contributed by atoms with Gasteiger partial charge in [-0.05, 0) is 31.0 Å². The Morgan fingerprint density at radius 2 is 1.44 bits per heavy atom. The van der Waals surface area contributed by atoms with Crippen LogP contribution in [0.4, 0.5) is 4.79 Å². The van der Waals surface area contributed by atoms with Gasteiger partial charge in [0.25, 0.3) is 0 Å². The highest BCUT2D eigenvalue weighted by Gasteiger charge is 2.17. The molecule has 0 aliphatic carbocycles. The van der Waals surface area contributed by atoms with Crippen molar-refractivity contribution in [3.63, 3.8) is 0 Å². The van der Waals surface area contributed by atoms with Crippen LogP contribution in [0.3, 0.4) is 0 Å². The summed E-state index contributed by atoms with van der Waals surface area (Å²) in [7, 11) is 1.72. The number of hydrogen-bond acceptors (Lipinski definition) is 5. The largest absolute Gasteiger partial charge is 0.460 e. The highest BCUT2D eigenvalue weighted by molar-refractivity contribution is 5.75. The van der Waals surface area contributed by atoms with Gasteiger partial charge in [-0.2, -0.15) is 0 Å². The molecule has 0 aromatic heterocycles. The average molecular weight is 370 g/mol. The molecule has 1 atom stereocenters. The summed E-state index contributed by atoms with van der Waals surface area (Å²) >= 11 is 0. The Balaban J connectivity index is 1.60. The van der Waals surface area contributed by atoms with E-state index in [1.807, 2.05) is 60.7 Å². The Labute approximate surface area is 159 Å². The second kappa shape index (κ2) is 11.7. The van der Waals surface area contributed by atoms with Crippen LogP contribution in [-0.2, 0) is 27.5 Å². The summed E-state index contributed by atoms with van der Waals surface area (Å²) in [5.41, 5.74) is 1.88. The summed E-state index contributed by atoms with van der Waals surface area (Å²) in [5, 5.41) is 5.64. The van der Waals surface area contributed by atoms with Gasteiger partial charge in [-0.1, -0.05) is 60.7 Å². The first-order valence-corrected chi connectivity index (χ1v) is 9.01. The van der Waals surface area contributed by atoms with Crippen molar-refractivity contribution in [3.05, 3.63) is 71.8 Å². The van der Waals surface area contributed by atoms with E-state index in [1.165, 1.54) is 0 Å². The van der Waals surface area contributed by atoms with E-state index in [9.17, 15) is 9.59 Å². The number of esters is 1. The summed E-state index contributed by atoms with van der Waals surface area (Å²) < 4.78 is 10.5. The van der Waals surface area contributed by atoms with E-state index in [0.29, 0.717) is 19.4 Å². The lowest BCUT2D eigenvalue weighted by molar-refractivity contribution is -0.147. The number of rotatable bonds is 10. The molecule has 0 radical (unpaired) electrons. The molecule has 2 aromatic rings. The minimum Gasteiger partial charge on any atom is -0.460 e. The van der Waals surface area contributed by atoms with Gasteiger partial charge in [0.2, 0.25) is 0 Å². The highest BCUT2D eigenvalue weighted by Crippen LogP contribution is 2.05. The lowest BCUT2D eigenvalue weighted by Gasteiger charge is -2.15. The molecule has 2 aromatic carbocycles. The Kier molecular flexibility index (Phi) is 8.86. The summed E-state index contributed by atoms with van der Waals surface area (Å²) in [6, 6.07) is 18.6. The molecule has 0 saturated carbocycles. The smallest absolute Gasteiger partial charge is 0.407 e. The van der Waals surface area contributed by atoms with Crippen LogP contribution in [0.15, 0.2) is 60.7 Å². The van der Waals surface area contributed by atoms with Crippen molar-refractivity contribution in [1.29, 1.82) is 0 Å². The number of amides is 1. The van der Waals surface area contributed by atoms with Gasteiger partial charge in [-0.15, -0.1) is 0 Å². The number of carbonyl (C=O) groups excluding carboxylic acids is 2. The van der Waals surface area contributed by atoms with Crippen molar-refractivity contribution in [3.8, 4) is 0 Å². The molecule has 0 saturated heterocycles. The number of nitrogens with one attached hydrogen (secondary N) is 2. The zero-order chi connectivity index (χ0) is 19.3. The van der Waals surface area contributed by atoms with E-state index >= 15 is 0 Å². The molecule has 0 heterocycles. The van der Waals surface area contributed by atoms with Crippen molar-refractivity contribution in [2.75, 3.05) is 13.6 Å². The molecule has 0 spiro atoms. The number of hydrogen-bond donors (Lipinski definition) is 2. The van der Waals surface area contributed by atoms with Crippen molar-refractivity contribution in [1.82, 2.24) is 10.6 Å². The van der Waals surface area contributed by atoms with Crippen LogP contribution in [-0.4, -0.2) is 31.7 Å². The number of alkyl carbamates (subject to hydrolysis) is 1. The van der Waals surface area contributed by atoms with Gasteiger partial charge >= 0.3 is 12.1 Å². The molecule has 6 heteroatoms. The van der Waals surface area contributed by atoms with Gasteiger partial charge in [-0.3, -0.25) is 4.79 Å². The number of ether oxygens (including phenoxy) is 2. The molecular weight excluding hydrogens is 344 g/mol. The van der Waals surface area contributed by atoms with Crippen LogP contribution < -0.4 is 10.6 Å². The highest BCUT2D eigenvalue weighted by atomic mass is 16.5. The van der Waals surface area contributed by atoms with E-state index in [2.05, 4.69) is 10.6 Å². The zero-order valence-electron chi connectivity index (χ0n) is 15.5. The zero-order valence-corrected chi connectivity index (χ0v) is 15.5.